The number of nitrogens with two attached hydrogens (primary N) is 1. The maximum absolute atomic E-state index is 12.6. The number of nitrogens with zero attached hydrogens (tertiary/aromatic N) is 2. The van der Waals surface area contributed by atoms with Crippen LogP contribution in [0, 0.1) is 13.8 Å². The zero-order chi connectivity index (χ0) is 14.9. The number of aromatic nitrogens is 1. The van der Waals surface area contributed by atoms with Gasteiger partial charge in [-0.15, -0.1) is 11.3 Å². The molecule has 0 unspecified atom stereocenters. The molecular formula is C13H17N3O2S2. The standard InChI is InChI=1S/C13H17N3O2S2/c1-9-4-12(14)10(2)13(5-9)20(17,18)16(3)6-11-7-19-8-15-11/h4-5,7-8H,6,14H2,1-3H3. The molecule has 0 aliphatic carbocycles. The zero-order valence-electron chi connectivity index (χ0n) is 11.6. The number of thiazole rings is 1. The van der Waals surface area contributed by atoms with Gasteiger partial charge in [-0.3, -0.25) is 0 Å². The Hall–Kier alpha value is -1.44. The minimum atomic E-state index is -3.57. The lowest BCUT2D eigenvalue weighted by molar-refractivity contribution is 0.462. The Kier molecular flexibility index (Phi) is 4.12. The van der Waals surface area contributed by atoms with Crippen molar-refractivity contribution in [3.63, 3.8) is 0 Å². The molecule has 0 fully saturated rings. The molecule has 7 heteroatoms. The first kappa shape index (κ1) is 15.0. The summed E-state index contributed by atoms with van der Waals surface area (Å²) in [5.41, 5.74) is 10.2. The first-order valence-electron chi connectivity index (χ1n) is 6.02. The summed E-state index contributed by atoms with van der Waals surface area (Å²) in [6.45, 7) is 3.80. The normalized spacial score (nSPS) is 12.0. The molecule has 0 aliphatic rings. The second kappa shape index (κ2) is 5.51. The Morgan fingerprint density at radius 2 is 2.05 bits per heavy atom. The van der Waals surface area contributed by atoms with Gasteiger partial charge >= 0.3 is 0 Å². The van der Waals surface area contributed by atoms with Gasteiger partial charge in [-0.25, -0.2) is 13.4 Å². The van der Waals surface area contributed by atoms with Crippen LogP contribution in [0.25, 0.3) is 0 Å². The van der Waals surface area contributed by atoms with E-state index in [0.29, 0.717) is 11.3 Å². The number of sulfonamides is 1. The van der Waals surface area contributed by atoms with Crippen LogP contribution in [-0.2, 0) is 16.6 Å². The van der Waals surface area contributed by atoms with Gasteiger partial charge in [-0.1, -0.05) is 0 Å². The average molecular weight is 311 g/mol. The minimum absolute atomic E-state index is 0.249. The maximum Gasteiger partial charge on any atom is 0.243 e. The van der Waals surface area contributed by atoms with Crippen LogP contribution in [0.5, 0.6) is 0 Å². The van der Waals surface area contributed by atoms with Crippen LogP contribution >= 0.6 is 11.3 Å². The molecule has 20 heavy (non-hydrogen) atoms. The van der Waals surface area contributed by atoms with Crippen molar-refractivity contribution in [2.75, 3.05) is 12.8 Å². The highest BCUT2D eigenvalue weighted by Gasteiger charge is 2.24. The summed E-state index contributed by atoms with van der Waals surface area (Å²) in [5, 5.41) is 1.84. The summed E-state index contributed by atoms with van der Waals surface area (Å²) in [6.07, 6.45) is 0. The van der Waals surface area contributed by atoms with E-state index in [4.69, 9.17) is 5.73 Å². The lowest BCUT2D eigenvalue weighted by Crippen LogP contribution is -2.27. The van der Waals surface area contributed by atoms with E-state index in [1.54, 1.807) is 31.6 Å². The second-order valence-corrected chi connectivity index (χ2v) is 7.45. The Balaban J connectivity index is 2.40. The fourth-order valence-electron chi connectivity index (χ4n) is 1.92. The average Bonchev–Trinajstić information content (AvgIpc) is 2.86. The van der Waals surface area contributed by atoms with E-state index in [0.717, 1.165) is 11.3 Å². The molecule has 0 saturated carbocycles. The molecule has 2 rings (SSSR count). The predicted molar refractivity (Wildman–Crippen MR) is 81.1 cm³/mol. The lowest BCUT2D eigenvalue weighted by atomic mass is 10.1. The molecule has 0 atom stereocenters. The molecule has 0 radical (unpaired) electrons. The van der Waals surface area contributed by atoms with Crippen LogP contribution in [0.3, 0.4) is 0 Å². The van der Waals surface area contributed by atoms with Gasteiger partial charge in [0.05, 0.1) is 22.6 Å². The van der Waals surface area contributed by atoms with E-state index in [1.807, 2.05) is 12.3 Å². The van der Waals surface area contributed by atoms with Gasteiger partial charge in [0.15, 0.2) is 0 Å². The van der Waals surface area contributed by atoms with Crippen molar-refractivity contribution in [1.29, 1.82) is 0 Å². The fraction of sp³-hybridized carbons (Fsp3) is 0.308. The Bertz CT molecular complexity index is 709. The van der Waals surface area contributed by atoms with E-state index < -0.39 is 10.0 Å². The molecule has 2 aromatic rings. The van der Waals surface area contributed by atoms with Gasteiger partial charge in [0.1, 0.15) is 0 Å². The van der Waals surface area contributed by atoms with Crippen LogP contribution in [0.15, 0.2) is 27.9 Å². The maximum atomic E-state index is 12.6. The van der Waals surface area contributed by atoms with E-state index in [-0.39, 0.29) is 11.4 Å². The fourth-order valence-corrected chi connectivity index (χ4v) is 3.94. The second-order valence-electron chi connectivity index (χ2n) is 4.72. The largest absolute Gasteiger partial charge is 0.398 e. The highest BCUT2D eigenvalue weighted by molar-refractivity contribution is 7.89. The summed E-state index contributed by atoms with van der Waals surface area (Å²) in [7, 11) is -2.02. The molecule has 5 nitrogen and oxygen atoms in total. The van der Waals surface area contributed by atoms with Crippen LogP contribution in [0.4, 0.5) is 5.69 Å². The van der Waals surface area contributed by atoms with Gasteiger partial charge in [0.2, 0.25) is 10.0 Å². The number of anilines is 1. The summed E-state index contributed by atoms with van der Waals surface area (Å²) in [4.78, 5) is 4.37. The Labute approximate surface area is 123 Å². The number of benzene rings is 1. The van der Waals surface area contributed by atoms with Crippen molar-refractivity contribution >= 4 is 27.0 Å². The molecule has 1 aromatic carbocycles. The zero-order valence-corrected chi connectivity index (χ0v) is 13.3. The predicted octanol–water partition coefficient (Wildman–Crippen LogP) is 2.16. The van der Waals surface area contributed by atoms with E-state index in [9.17, 15) is 8.42 Å². The van der Waals surface area contributed by atoms with Crippen molar-refractivity contribution in [2.24, 2.45) is 0 Å². The number of rotatable bonds is 4. The number of hydrogen-bond acceptors (Lipinski definition) is 5. The first-order valence-corrected chi connectivity index (χ1v) is 8.41. The lowest BCUT2D eigenvalue weighted by Gasteiger charge is -2.19. The summed E-state index contributed by atoms with van der Waals surface area (Å²) in [5.74, 6) is 0. The van der Waals surface area contributed by atoms with E-state index in [1.165, 1.54) is 15.6 Å². The third-order valence-corrected chi connectivity index (χ3v) is 5.67. The van der Waals surface area contributed by atoms with Crippen LogP contribution in [0.1, 0.15) is 16.8 Å². The molecule has 108 valence electrons. The van der Waals surface area contributed by atoms with Gasteiger partial charge in [-0.05, 0) is 37.1 Å². The van der Waals surface area contributed by atoms with Crippen LogP contribution < -0.4 is 5.73 Å². The van der Waals surface area contributed by atoms with E-state index in [2.05, 4.69) is 4.98 Å². The number of hydrogen-bond donors (Lipinski definition) is 1. The van der Waals surface area contributed by atoms with Crippen molar-refractivity contribution in [3.05, 3.63) is 39.8 Å². The van der Waals surface area contributed by atoms with Crippen molar-refractivity contribution < 1.29 is 8.42 Å². The molecule has 2 N–H and O–H groups in total. The summed E-state index contributed by atoms with van der Waals surface area (Å²) < 4.78 is 26.6. The topological polar surface area (TPSA) is 76.3 Å². The van der Waals surface area contributed by atoms with Gasteiger partial charge in [-0.2, -0.15) is 4.31 Å². The number of nitrogen functional groups attached to an aromatic ring is 1. The molecule has 0 aliphatic heterocycles. The molecule has 0 bridgehead atoms. The van der Waals surface area contributed by atoms with Crippen molar-refractivity contribution in [1.82, 2.24) is 9.29 Å². The van der Waals surface area contributed by atoms with Crippen molar-refractivity contribution in [3.8, 4) is 0 Å². The van der Waals surface area contributed by atoms with Crippen LogP contribution in [-0.4, -0.2) is 24.8 Å². The summed E-state index contributed by atoms with van der Waals surface area (Å²) in [6, 6.07) is 3.42. The molecule has 0 spiro atoms. The SMILES string of the molecule is Cc1cc(N)c(C)c(S(=O)(=O)N(C)Cc2cscn2)c1. The number of aryl methyl sites for hydroxylation is 1. The Morgan fingerprint density at radius 3 is 2.65 bits per heavy atom. The quantitative estimate of drug-likeness (QED) is 0.878. The van der Waals surface area contributed by atoms with Gasteiger partial charge in [0, 0.05) is 18.1 Å². The smallest absolute Gasteiger partial charge is 0.243 e. The highest BCUT2D eigenvalue weighted by Crippen LogP contribution is 2.26. The monoisotopic (exact) mass is 311 g/mol. The summed E-state index contributed by atoms with van der Waals surface area (Å²) >= 11 is 1.44. The van der Waals surface area contributed by atoms with Gasteiger partial charge in [0.25, 0.3) is 0 Å². The molecule has 0 saturated heterocycles. The third kappa shape index (κ3) is 2.84. The molecule has 0 amide bonds. The molecule has 1 aromatic heterocycles. The van der Waals surface area contributed by atoms with Gasteiger partial charge < -0.3 is 5.73 Å². The minimum Gasteiger partial charge on any atom is -0.398 e. The van der Waals surface area contributed by atoms with Crippen LogP contribution in [0.2, 0.25) is 0 Å². The Morgan fingerprint density at radius 1 is 1.35 bits per heavy atom. The van der Waals surface area contributed by atoms with E-state index >= 15 is 0 Å². The molecule has 1 heterocycles. The first-order chi connectivity index (χ1) is 9.32. The highest BCUT2D eigenvalue weighted by atomic mass is 32.2. The third-order valence-electron chi connectivity index (χ3n) is 3.10. The van der Waals surface area contributed by atoms with Crippen molar-refractivity contribution in [2.45, 2.75) is 25.3 Å². The molecular weight excluding hydrogens is 294 g/mol.